The maximum atomic E-state index is 12.0. The number of anilines is 1. The Morgan fingerprint density at radius 3 is 2.97 bits per heavy atom. The fourth-order valence-electron chi connectivity index (χ4n) is 3.77. The van der Waals surface area contributed by atoms with Gasteiger partial charge in [-0.15, -0.1) is 0 Å². The van der Waals surface area contributed by atoms with Crippen LogP contribution in [0.15, 0.2) is 48.8 Å². The quantitative estimate of drug-likeness (QED) is 0.451. The lowest BCUT2D eigenvalue weighted by Crippen LogP contribution is -2.28. The van der Waals surface area contributed by atoms with Crippen molar-refractivity contribution >= 4 is 32.7 Å². The maximum Gasteiger partial charge on any atom is 0.321 e. The summed E-state index contributed by atoms with van der Waals surface area (Å²) in [7, 11) is 0. The number of pyridine rings is 2. The number of benzene rings is 1. The minimum absolute atomic E-state index is 0.257. The van der Waals surface area contributed by atoms with Crippen LogP contribution < -0.4 is 16.0 Å². The van der Waals surface area contributed by atoms with Crippen molar-refractivity contribution in [1.82, 2.24) is 25.6 Å². The van der Waals surface area contributed by atoms with E-state index in [1.807, 2.05) is 31.3 Å². The van der Waals surface area contributed by atoms with E-state index in [1.54, 1.807) is 6.20 Å². The van der Waals surface area contributed by atoms with Gasteiger partial charge in [-0.1, -0.05) is 17.4 Å². The van der Waals surface area contributed by atoms with Gasteiger partial charge in [-0.25, -0.2) is 9.78 Å². The summed E-state index contributed by atoms with van der Waals surface area (Å²) in [5.74, 6) is 0. The molecule has 3 aromatic heterocycles. The minimum atomic E-state index is -0.257. The SMILES string of the molecule is CCNC(=O)Nc1nc2cc(-c3cnc4c(c3)CNCC4)cc(-c3ccccn3)c2s1. The van der Waals surface area contributed by atoms with Gasteiger partial charge in [0.1, 0.15) is 0 Å². The van der Waals surface area contributed by atoms with Crippen LogP contribution in [-0.2, 0) is 13.0 Å². The van der Waals surface area contributed by atoms with Gasteiger partial charge in [0.15, 0.2) is 5.13 Å². The number of rotatable bonds is 4. The third-order valence-electron chi connectivity index (χ3n) is 5.24. The number of amides is 2. The Morgan fingerprint density at radius 1 is 1.19 bits per heavy atom. The van der Waals surface area contributed by atoms with Gasteiger partial charge in [-0.05, 0) is 48.4 Å². The van der Waals surface area contributed by atoms with Crippen molar-refractivity contribution in [2.45, 2.75) is 19.9 Å². The zero-order valence-corrected chi connectivity index (χ0v) is 17.9. The summed E-state index contributed by atoms with van der Waals surface area (Å²) in [6.45, 7) is 4.24. The zero-order valence-electron chi connectivity index (χ0n) is 17.1. The molecular weight excluding hydrogens is 408 g/mol. The average molecular weight is 431 g/mol. The molecule has 1 aliphatic rings. The Labute approximate surface area is 184 Å². The molecule has 4 heterocycles. The molecule has 0 fully saturated rings. The molecule has 31 heavy (non-hydrogen) atoms. The molecule has 156 valence electrons. The number of nitrogens with zero attached hydrogens (tertiary/aromatic N) is 3. The van der Waals surface area contributed by atoms with E-state index < -0.39 is 0 Å². The van der Waals surface area contributed by atoms with Crippen molar-refractivity contribution < 1.29 is 4.79 Å². The van der Waals surface area contributed by atoms with Crippen LogP contribution in [0.4, 0.5) is 9.93 Å². The molecule has 0 bridgehead atoms. The summed E-state index contributed by atoms with van der Waals surface area (Å²) in [5, 5.41) is 9.54. The van der Waals surface area contributed by atoms with Crippen LogP contribution >= 0.6 is 11.3 Å². The molecule has 8 heteroatoms. The normalized spacial score (nSPS) is 13.1. The third kappa shape index (κ3) is 3.99. The van der Waals surface area contributed by atoms with E-state index in [-0.39, 0.29) is 6.03 Å². The smallest absolute Gasteiger partial charge is 0.321 e. The second-order valence-corrected chi connectivity index (χ2v) is 8.35. The first-order valence-electron chi connectivity index (χ1n) is 10.3. The van der Waals surface area contributed by atoms with E-state index >= 15 is 0 Å². The van der Waals surface area contributed by atoms with Gasteiger partial charge in [-0.2, -0.15) is 0 Å². The number of nitrogens with one attached hydrogen (secondary N) is 3. The van der Waals surface area contributed by atoms with Crippen LogP contribution in [0.25, 0.3) is 32.6 Å². The largest absolute Gasteiger partial charge is 0.338 e. The molecule has 7 nitrogen and oxygen atoms in total. The second-order valence-electron chi connectivity index (χ2n) is 7.35. The van der Waals surface area contributed by atoms with Crippen LogP contribution in [0.1, 0.15) is 18.2 Å². The Bertz CT molecular complexity index is 1250. The topological polar surface area (TPSA) is 91.8 Å². The van der Waals surface area contributed by atoms with Gasteiger partial charge in [0, 0.05) is 55.3 Å². The number of hydrogen-bond donors (Lipinski definition) is 3. The lowest BCUT2D eigenvalue weighted by Gasteiger charge is -2.17. The van der Waals surface area contributed by atoms with Crippen LogP contribution in [0, 0.1) is 0 Å². The number of carbonyl (C=O) groups excluding carboxylic acids is 1. The standard InChI is InChI=1S/C23H22N6OS/c1-2-25-22(30)29-23-28-20-11-14(15-9-16-12-24-8-6-18(16)27-13-15)10-17(21(20)31-23)19-5-3-4-7-26-19/h3-5,7,9-11,13,24H,2,6,8,12H2,1H3,(H2,25,28,29,30). The molecule has 3 N–H and O–H groups in total. The van der Waals surface area contributed by atoms with Crippen molar-refractivity contribution in [1.29, 1.82) is 0 Å². The Balaban J connectivity index is 1.63. The highest BCUT2D eigenvalue weighted by atomic mass is 32.1. The number of aromatic nitrogens is 3. The molecule has 4 aromatic rings. The second kappa shape index (κ2) is 8.41. The molecular formula is C23H22N6OS. The predicted octanol–water partition coefficient (Wildman–Crippen LogP) is 4.21. The van der Waals surface area contributed by atoms with Gasteiger partial charge >= 0.3 is 6.03 Å². The number of carbonyl (C=O) groups is 1. The van der Waals surface area contributed by atoms with E-state index in [4.69, 9.17) is 4.98 Å². The number of fused-ring (bicyclic) bond motifs is 2. The molecule has 0 atom stereocenters. The lowest BCUT2D eigenvalue weighted by atomic mass is 9.98. The molecule has 0 aliphatic carbocycles. The van der Waals surface area contributed by atoms with Gasteiger partial charge < -0.3 is 10.6 Å². The van der Waals surface area contributed by atoms with Crippen molar-refractivity contribution in [3.05, 3.63) is 60.0 Å². The summed E-state index contributed by atoms with van der Waals surface area (Å²) in [6, 6.07) is 12.0. The van der Waals surface area contributed by atoms with E-state index in [0.29, 0.717) is 11.7 Å². The fourth-order valence-corrected chi connectivity index (χ4v) is 4.74. The molecule has 0 unspecified atom stereocenters. The van der Waals surface area contributed by atoms with Crippen LogP contribution in [-0.4, -0.2) is 34.1 Å². The fraction of sp³-hybridized carbons (Fsp3) is 0.217. The number of urea groups is 1. The van der Waals surface area contributed by atoms with Gasteiger partial charge in [0.05, 0.1) is 15.9 Å². The van der Waals surface area contributed by atoms with Crippen molar-refractivity contribution in [2.24, 2.45) is 0 Å². The summed E-state index contributed by atoms with van der Waals surface area (Å²) in [4.78, 5) is 25.9. The summed E-state index contributed by atoms with van der Waals surface area (Å²) in [5.41, 5.74) is 7.17. The summed E-state index contributed by atoms with van der Waals surface area (Å²) >= 11 is 1.45. The molecule has 0 saturated carbocycles. The van der Waals surface area contributed by atoms with E-state index in [2.05, 4.69) is 44.1 Å². The first-order valence-corrected chi connectivity index (χ1v) is 11.1. The van der Waals surface area contributed by atoms with Crippen LogP contribution in [0.2, 0.25) is 0 Å². The first kappa shape index (κ1) is 19.6. The molecule has 0 spiro atoms. The molecule has 1 aliphatic heterocycles. The summed E-state index contributed by atoms with van der Waals surface area (Å²) in [6.07, 6.45) is 4.68. The highest BCUT2D eigenvalue weighted by Gasteiger charge is 2.16. The predicted molar refractivity (Wildman–Crippen MR) is 124 cm³/mol. The van der Waals surface area contributed by atoms with Gasteiger partial charge in [0.2, 0.25) is 0 Å². The van der Waals surface area contributed by atoms with Crippen molar-refractivity contribution in [3.63, 3.8) is 0 Å². The first-order chi connectivity index (χ1) is 15.2. The Morgan fingerprint density at radius 2 is 2.13 bits per heavy atom. The molecule has 0 radical (unpaired) electrons. The number of hydrogen-bond acceptors (Lipinski definition) is 6. The monoisotopic (exact) mass is 430 g/mol. The molecule has 1 aromatic carbocycles. The van der Waals surface area contributed by atoms with Gasteiger partial charge in [-0.3, -0.25) is 15.3 Å². The lowest BCUT2D eigenvalue weighted by molar-refractivity contribution is 0.252. The van der Waals surface area contributed by atoms with Crippen molar-refractivity contribution in [3.8, 4) is 22.4 Å². The number of thiazole rings is 1. The van der Waals surface area contributed by atoms with Crippen LogP contribution in [0.5, 0.6) is 0 Å². The summed E-state index contributed by atoms with van der Waals surface area (Å²) < 4.78 is 0.988. The minimum Gasteiger partial charge on any atom is -0.338 e. The molecule has 5 rings (SSSR count). The van der Waals surface area contributed by atoms with Gasteiger partial charge in [0.25, 0.3) is 0 Å². The molecule has 0 saturated heterocycles. The van der Waals surface area contributed by atoms with E-state index in [9.17, 15) is 4.79 Å². The zero-order chi connectivity index (χ0) is 21.2. The maximum absolute atomic E-state index is 12.0. The van der Waals surface area contributed by atoms with E-state index in [0.717, 1.165) is 57.8 Å². The Kier molecular flexibility index (Phi) is 5.31. The highest BCUT2D eigenvalue weighted by Crippen LogP contribution is 2.38. The Hall–Kier alpha value is -3.36. The third-order valence-corrected chi connectivity index (χ3v) is 6.26. The van der Waals surface area contributed by atoms with Crippen molar-refractivity contribution in [2.75, 3.05) is 18.4 Å². The van der Waals surface area contributed by atoms with Crippen LogP contribution in [0.3, 0.4) is 0 Å². The highest BCUT2D eigenvalue weighted by molar-refractivity contribution is 7.22. The van der Waals surface area contributed by atoms with E-state index in [1.165, 1.54) is 16.9 Å². The molecule has 2 amide bonds. The average Bonchev–Trinajstić information content (AvgIpc) is 3.21.